The van der Waals surface area contributed by atoms with Gasteiger partial charge in [-0.1, -0.05) is 12.1 Å². The standard InChI is InChI=1S/C17H12F3N3O/c18-17(19,20)12-4-6-14(7-5-12)23-16(24)15(8-9-22-23)11-2-1-3-13(21)10-11/h1-10H,21H2. The predicted octanol–water partition coefficient (Wildman–Crippen LogP) is 3.50. The molecule has 0 aliphatic heterocycles. The fraction of sp³-hybridized carbons (Fsp3) is 0.0588. The van der Waals surface area contributed by atoms with Gasteiger partial charge >= 0.3 is 6.18 Å². The highest BCUT2D eigenvalue weighted by Gasteiger charge is 2.30. The molecule has 0 amide bonds. The fourth-order valence-electron chi connectivity index (χ4n) is 2.31. The molecular weight excluding hydrogens is 319 g/mol. The van der Waals surface area contributed by atoms with Crippen molar-refractivity contribution in [1.82, 2.24) is 9.78 Å². The van der Waals surface area contributed by atoms with Gasteiger partial charge in [0.15, 0.2) is 0 Å². The second-order valence-corrected chi connectivity index (χ2v) is 5.13. The number of rotatable bonds is 2. The Morgan fingerprint density at radius 2 is 1.71 bits per heavy atom. The Hall–Kier alpha value is -3.09. The summed E-state index contributed by atoms with van der Waals surface area (Å²) < 4.78 is 38.9. The van der Waals surface area contributed by atoms with Crippen molar-refractivity contribution in [3.63, 3.8) is 0 Å². The second-order valence-electron chi connectivity index (χ2n) is 5.13. The second kappa shape index (κ2) is 5.84. The first-order valence-electron chi connectivity index (χ1n) is 6.98. The van der Waals surface area contributed by atoms with E-state index in [0.717, 1.165) is 16.8 Å². The number of nitrogen functional groups attached to an aromatic ring is 1. The van der Waals surface area contributed by atoms with E-state index in [1.807, 2.05) is 0 Å². The van der Waals surface area contributed by atoms with E-state index in [2.05, 4.69) is 5.10 Å². The lowest BCUT2D eigenvalue weighted by atomic mass is 10.1. The molecule has 0 fully saturated rings. The maximum atomic E-state index is 12.6. The number of anilines is 1. The minimum atomic E-state index is -4.43. The van der Waals surface area contributed by atoms with Crippen LogP contribution in [0.4, 0.5) is 18.9 Å². The first kappa shape index (κ1) is 15.8. The molecule has 0 aliphatic carbocycles. The van der Waals surface area contributed by atoms with Gasteiger partial charge in [0.2, 0.25) is 0 Å². The quantitative estimate of drug-likeness (QED) is 0.731. The van der Waals surface area contributed by atoms with Gasteiger partial charge in [0.05, 0.1) is 16.8 Å². The predicted molar refractivity (Wildman–Crippen MR) is 84.7 cm³/mol. The van der Waals surface area contributed by atoms with Crippen LogP contribution < -0.4 is 11.3 Å². The van der Waals surface area contributed by atoms with Crippen LogP contribution in [0.2, 0.25) is 0 Å². The van der Waals surface area contributed by atoms with E-state index >= 15 is 0 Å². The van der Waals surface area contributed by atoms with Crippen LogP contribution in [0.15, 0.2) is 65.6 Å². The molecule has 0 radical (unpaired) electrons. The summed E-state index contributed by atoms with van der Waals surface area (Å²) >= 11 is 0. The molecule has 2 N–H and O–H groups in total. The number of hydrogen-bond donors (Lipinski definition) is 1. The molecule has 122 valence electrons. The summed E-state index contributed by atoms with van der Waals surface area (Å²) in [5, 5.41) is 3.94. The van der Waals surface area contributed by atoms with Gasteiger partial charge in [-0.15, -0.1) is 0 Å². The summed E-state index contributed by atoms with van der Waals surface area (Å²) in [5.74, 6) is 0. The van der Waals surface area contributed by atoms with Crippen molar-refractivity contribution in [2.75, 3.05) is 5.73 Å². The maximum absolute atomic E-state index is 12.6. The van der Waals surface area contributed by atoms with Crippen LogP contribution in [0.5, 0.6) is 0 Å². The Morgan fingerprint density at radius 3 is 2.33 bits per heavy atom. The summed E-state index contributed by atoms with van der Waals surface area (Å²) in [7, 11) is 0. The lowest BCUT2D eigenvalue weighted by Gasteiger charge is -2.10. The van der Waals surface area contributed by atoms with Crippen molar-refractivity contribution in [2.24, 2.45) is 0 Å². The highest BCUT2D eigenvalue weighted by molar-refractivity contribution is 5.66. The van der Waals surface area contributed by atoms with Crippen molar-refractivity contribution in [2.45, 2.75) is 6.18 Å². The van der Waals surface area contributed by atoms with E-state index in [9.17, 15) is 18.0 Å². The monoisotopic (exact) mass is 331 g/mol. The first-order valence-corrected chi connectivity index (χ1v) is 6.98. The summed E-state index contributed by atoms with van der Waals surface area (Å²) in [4.78, 5) is 12.6. The van der Waals surface area contributed by atoms with Gasteiger partial charge in [-0.3, -0.25) is 4.79 Å². The van der Waals surface area contributed by atoms with Gasteiger partial charge in [0.25, 0.3) is 5.56 Å². The van der Waals surface area contributed by atoms with Crippen molar-refractivity contribution in [1.29, 1.82) is 0 Å². The van der Waals surface area contributed by atoms with Crippen molar-refractivity contribution >= 4 is 5.69 Å². The van der Waals surface area contributed by atoms with Crippen LogP contribution in [0.1, 0.15) is 5.56 Å². The van der Waals surface area contributed by atoms with Gasteiger partial charge in [0.1, 0.15) is 0 Å². The van der Waals surface area contributed by atoms with Gasteiger partial charge in [-0.05, 0) is 48.0 Å². The SMILES string of the molecule is Nc1cccc(-c2ccnn(-c3ccc(C(F)(F)F)cc3)c2=O)c1. The highest BCUT2D eigenvalue weighted by Crippen LogP contribution is 2.29. The number of halogens is 3. The van der Waals surface area contributed by atoms with Gasteiger partial charge < -0.3 is 5.73 Å². The third kappa shape index (κ3) is 3.01. The lowest BCUT2D eigenvalue weighted by Crippen LogP contribution is -2.22. The zero-order valence-corrected chi connectivity index (χ0v) is 12.3. The summed E-state index contributed by atoms with van der Waals surface area (Å²) in [6, 6.07) is 12.6. The van der Waals surface area contributed by atoms with Crippen molar-refractivity contribution in [3.05, 3.63) is 76.7 Å². The zero-order chi connectivity index (χ0) is 17.3. The molecule has 2 aromatic carbocycles. The van der Waals surface area contributed by atoms with Gasteiger partial charge in [-0.2, -0.15) is 23.0 Å². The Labute approximate surface area is 135 Å². The normalized spacial score (nSPS) is 11.5. The summed E-state index contributed by atoms with van der Waals surface area (Å²) in [6.07, 6.45) is -3.02. The largest absolute Gasteiger partial charge is 0.416 e. The van der Waals surface area contributed by atoms with Crippen LogP contribution >= 0.6 is 0 Å². The summed E-state index contributed by atoms with van der Waals surface area (Å²) in [5.41, 5.74) is 6.22. The average molecular weight is 331 g/mol. The third-order valence-electron chi connectivity index (χ3n) is 3.48. The van der Waals surface area contributed by atoms with E-state index in [4.69, 9.17) is 5.73 Å². The molecular formula is C17H12F3N3O. The van der Waals surface area contributed by atoms with E-state index < -0.39 is 17.3 Å². The molecule has 0 unspecified atom stereocenters. The van der Waals surface area contributed by atoms with E-state index in [1.165, 1.54) is 24.4 Å². The molecule has 0 saturated heterocycles. The van der Waals surface area contributed by atoms with Gasteiger partial charge in [0, 0.05) is 11.9 Å². The topological polar surface area (TPSA) is 60.9 Å². The van der Waals surface area contributed by atoms with Crippen LogP contribution in [0.25, 0.3) is 16.8 Å². The minimum Gasteiger partial charge on any atom is -0.399 e. The zero-order valence-electron chi connectivity index (χ0n) is 12.3. The fourth-order valence-corrected chi connectivity index (χ4v) is 2.31. The van der Waals surface area contributed by atoms with E-state index in [1.54, 1.807) is 24.3 Å². The third-order valence-corrected chi connectivity index (χ3v) is 3.48. The molecule has 0 bridgehead atoms. The Kier molecular flexibility index (Phi) is 3.84. The Bertz CT molecular complexity index is 931. The number of nitrogens with zero attached hydrogens (tertiary/aromatic N) is 2. The van der Waals surface area contributed by atoms with E-state index in [0.29, 0.717) is 16.8 Å². The number of hydrogen-bond acceptors (Lipinski definition) is 3. The van der Waals surface area contributed by atoms with Crippen LogP contribution in [-0.4, -0.2) is 9.78 Å². The molecule has 24 heavy (non-hydrogen) atoms. The average Bonchev–Trinajstić information content (AvgIpc) is 2.54. The first-order chi connectivity index (χ1) is 11.4. The molecule has 7 heteroatoms. The lowest BCUT2D eigenvalue weighted by molar-refractivity contribution is -0.137. The molecule has 3 rings (SSSR count). The maximum Gasteiger partial charge on any atom is 0.416 e. The number of benzene rings is 2. The highest BCUT2D eigenvalue weighted by atomic mass is 19.4. The Morgan fingerprint density at radius 1 is 1.00 bits per heavy atom. The van der Waals surface area contributed by atoms with Crippen molar-refractivity contribution < 1.29 is 13.2 Å². The van der Waals surface area contributed by atoms with Crippen LogP contribution in [0.3, 0.4) is 0 Å². The van der Waals surface area contributed by atoms with Gasteiger partial charge in [-0.25, -0.2) is 0 Å². The molecule has 1 heterocycles. The molecule has 0 atom stereocenters. The molecule has 1 aromatic heterocycles. The molecule has 4 nitrogen and oxygen atoms in total. The molecule has 0 aliphatic rings. The minimum absolute atomic E-state index is 0.249. The van der Waals surface area contributed by atoms with Crippen LogP contribution in [0, 0.1) is 0 Å². The number of alkyl halides is 3. The van der Waals surface area contributed by atoms with Crippen molar-refractivity contribution in [3.8, 4) is 16.8 Å². The molecule has 3 aromatic rings. The number of nitrogens with two attached hydrogens (primary N) is 1. The smallest absolute Gasteiger partial charge is 0.399 e. The van der Waals surface area contributed by atoms with Crippen LogP contribution in [-0.2, 0) is 6.18 Å². The Balaban J connectivity index is 2.07. The molecule has 0 saturated carbocycles. The van der Waals surface area contributed by atoms with E-state index in [-0.39, 0.29) is 5.69 Å². The summed E-state index contributed by atoms with van der Waals surface area (Å²) in [6.45, 7) is 0. The number of aromatic nitrogens is 2. The molecule has 0 spiro atoms.